The van der Waals surface area contributed by atoms with E-state index in [4.69, 9.17) is 9.15 Å². The van der Waals surface area contributed by atoms with Crippen LogP contribution in [0.3, 0.4) is 0 Å². The van der Waals surface area contributed by atoms with Gasteiger partial charge in [-0.1, -0.05) is 12.1 Å². The molecule has 0 unspecified atom stereocenters. The van der Waals surface area contributed by atoms with E-state index in [2.05, 4.69) is 33.1 Å². The second-order valence-electron chi connectivity index (χ2n) is 8.09. The van der Waals surface area contributed by atoms with Crippen LogP contribution in [-0.4, -0.2) is 52.0 Å². The van der Waals surface area contributed by atoms with E-state index in [-0.39, 0.29) is 0 Å². The third-order valence-corrected chi connectivity index (χ3v) is 5.86. The molecule has 1 aliphatic heterocycles. The van der Waals surface area contributed by atoms with Crippen molar-refractivity contribution in [3.8, 4) is 17.0 Å². The average molecular weight is 431 g/mol. The smallest absolute Gasteiger partial charge is 0.417 e. The van der Waals surface area contributed by atoms with Crippen LogP contribution in [0.2, 0.25) is 0 Å². The predicted molar refractivity (Wildman–Crippen MR) is 122 cm³/mol. The van der Waals surface area contributed by atoms with Crippen molar-refractivity contribution in [2.24, 2.45) is 0 Å². The molecule has 1 N–H and O–H groups in total. The molecular weight excluding hydrogens is 404 g/mol. The number of nitrogens with one attached hydrogen (secondary N) is 1. The summed E-state index contributed by atoms with van der Waals surface area (Å²) in [7, 11) is 0. The third kappa shape index (κ3) is 4.68. The van der Waals surface area contributed by atoms with Gasteiger partial charge in [-0.3, -0.25) is 4.90 Å². The van der Waals surface area contributed by atoms with Gasteiger partial charge in [0.15, 0.2) is 0 Å². The molecule has 7 nitrogen and oxygen atoms in total. The zero-order valence-corrected chi connectivity index (χ0v) is 17.9. The van der Waals surface area contributed by atoms with Crippen LogP contribution in [0.15, 0.2) is 71.6 Å². The van der Waals surface area contributed by atoms with E-state index >= 15 is 0 Å². The number of aromatic nitrogens is 2. The van der Waals surface area contributed by atoms with Crippen LogP contribution in [-0.2, 0) is 6.54 Å². The van der Waals surface area contributed by atoms with Crippen LogP contribution in [0.4, 0.5) is 4.79 Å². The Kier molecular flexibility index (Phi) is 5.89. The first-order valence-corrected chi connectivity index (χ1v) is 11.0. The lowest BCUT2D eigenvalue weighted by molar-refractivity contribution is 0.137. The summed E-state index contributed by atoms with van der Waals surface area (Å²) < 4.78 is 11.3. The highest BCUT2D eigenvalue weighted by molar-refractivity contribution is 5.84. The Morgan fingerprint density at radius 2 is 2.03 bits per heavy atom. The van der Waals surface area contributed by atoms with Crippen molar-refractivity contribution in [3.05, 3.63) is 72.9 Å². The topological polar surface area (TPSA) is 74.6 Å². The number of carbonyl (C=O) groups excluding carboxylic acids is 1. The van der Waals surface area contributed by atoms with E-state index in [1.807, 2.05) is 18.3 Å². The van der Waals surface area contributed by atoms with Crippen LogP contribution in [0.5, 0.6) is 5.88 Å². The summed E-state index contributed by atoms with van der Waals surface area (Å²) in [4.78, 5) is 24.3. The van der Waals surface area contributed by atoms with Gasteiger partial charge in [-0.05, 0) is 67.2 Å². The van der Waals surface area contributed by atoms with Crippen molar-refractivity contribution in [2.75, 3.05) is 26.2 Å². The van der Waals surface area contributed by atoms with E-state index in [1.54, 1.807) is 35.6 Å². The van der Waals surface area contributed by atoms with Gasteiger partial charge >= 0.3 is 6.09 Å². The molecule has 0 spiro atoms. The maximum atomic E-state index is 12.9. The first kappa shape index (κ1) is 20.3. The van der Waals surface area contributed by atoms with Crippen LogP contribution >= 0.6 is 0 Å². The summed E-state index contributed by atoms with van der Waals surface area (Å²) >= 11 is 0. The second kappa shape index (κ2) is 9.28. The van der Waals surface area contributed by atoms with E-state index < -0.39 is 6.09 Å². The van der Waals surface area contributed by atoms with Crippen LogP contribution in [0, 0.1) is 0 Å². The van der Waals surface area contributed by atoms with Gasteiger partial charge in [0.05, 0.1) is 12.8 Å². The highest BCUT2D eigenvalue weighted by Gasteiger charge is 2.21. The molecule has 32 heavy (non-hydrogen) atoms. The normalized spacial score (nSPS) is 14.1. The zero-order valence-electron chi connectivity index (χ0n) is 17.9. The van der Waals surface area contributed by atoms with Gasteiger partial charge in [-0.15, -0.1) is 0 Å². The number of hydrogen-bond donors (Lipinski definition) is 1. The SMILES string of the molecule is O=C(Oc1ccccn1)N(CCN1CCCC1)Cc1cc(-c2ccc3[nH]ccc3c2)co1. The van der Waals surface area contributed by atoms with E-state index in [0.29, 0.717) is 24.7 Å². The molecule has 1 aliphatic rings. The number of carbonyl (C=O) groups is 1. The Bertz CT molecular complexity index is 1180. The summed E-state index contributed by atoms with van der Waals surface area (Å²) in [6, 6.07) is 15.6. The number of H-pyrrole nitrogens is 1. The molecular formula is C25H26N4O3. The molecule has 3 aromatic heterocycles. The highest BCUT2D eigenvalue weighted by Crippen LogP contribution is 2.26. The number of nitrogens with zero attached hydrogens (tertiary/aromatic N) is 3. The fourth-order valence-electron chi connectivity index (χ4n) is 4.10. The highest BCUT2D eigenvalue weighted by atomic mass is 16.6. The van der Waals surface area contributed by atoms with Gasteiger partial charge in [0.2, 0.25) is 5.88 Å². The number of hydrogen-bond acceptors (Lipinski definition) is 5. The van der Waals surface area contributed by atoms with Crippen molar-refractivity contribution < 1.29 is 13.9 Å². The Morgan fingerprint density at radius 1 is 1.12 bits per heavy atom. The molecule has 1 fully saturated rings. The van der Waals surface area contributed by atoms with Crippen molar-refractivity contribution >= 4 is 17.0 Å². The molecule has 1 saturated heterocycles. The molecule has 0 aliphatic carbocycles. The zero-order chi connectivity index (χ0) is 21.8. The molecule has 0 atom stereocenters. The molecule has 164 valence electrons. The van der Waals surface area contributed by atoms with Gasteiger partial charge in [-0.25, -0.2) is 9.78 Å². The number of benzene rings is 1. The van der Waals surface area contributed by atoms with Gasteiger partial charge < -0.3 is 19.0 Å². The minimum absolute atomic E-state index is 0.295. The molecule has 1 amide bonds. The monoisotopic (exact) mass is 430 g/mol. The Labute approximate surface area is 186 Å². The maximum absolute atomic E-state index is 12.9. The molecule has 4 aromatic rings. The van der Waals surface area contributed by atoms with Crippen molar-refractivity contribution in [1.82, 2.24) is 19.8 Å². The summed E-state index contributed by atoms with van der Waals surface area (Å²) in [5.74, 6) is 1.01. The molecule has 0 radical (unpaired) electrons. The van der Waals surface area contributed by atoms with Gasteiger partial charge in [-0.2, -0.15) is 0 Å². The number of amides is 1. The van der Waals surface area contributed by atoms with Gasteiger partial charge in [0.1, 0.15) is 5.76 Å². The lowest BCUT2D eigenvalue weighted by atomic mass is 10.1. The van der Waals surface area contributed by atoms with Crippen LogP contribution in [0.25, 0.3) is 22.0 Å². The fourth-order valence-corrected chi connectivity index (χ4v) is 4.10. The second-order valence-corrected chi connectivity index (χ2v) is 8.09. The predicted octanol–water partition coefficient (Wildman–Crippen LogP) is 4.92. The number of likely N-dealkylation sites (tertiary alicyclic amines) is 1. The fraction of sp³-hybridized carbons (Fsp3) is 0.280. The lowest BCUT2D eigenvalue weighted by Crippen LogP contribution is -2.39. The lowest BCUT2D eigenvalue weighted by Gasteiger charge is -2.23. The summed E-state index contributed by atoms with van der Waals surface area (Å²) in [5, 5.41) is 1.15. The maximum Gasteiger partial charge on any atom is 0.417 e. The molecule has 0 bridgehead atoms. The van der Waals surface area contributed by atoms with Crippen molar-refractivity contribution in [1.29, 1.82) is 0 Å². The summed E-state index contributed by atoms with van der Waals surface area (Å²) in [5.41, 5.74) is 3.16. The van der Waals surface area contributed by atoms with Crippen LogP contribution in [0.1, 0.15) is 18.6 Å². The largest absolute Gasteiger partial charge is 0.467 e. The number of rotatable bonds is 7. The molecule has 5 rings (SSSR count). The first-order valence-electron chi connectivity index (χ1n) is 11.0. The molecule has 0 saturated carbocycles. The first-order chi connectivity index (χ1) is 15.7. The molecule has 4 heterocycles. The number of fused-ring (bicyclic) bond motifs is 1. The Balaban J connectivity index is 1.31. The number of aromatic amines is 1. The third-order valence-electron chi connectivity index (χ3n) is 5.86. The van der Waals surface area contributed by atoms with Gasteiger partial charge in [0.25, 0.3) is 0 Å². The summed E-state index contributed by atoms with van der Waals surface area (Å²) in [6.07, 6.45) is 7.29. The Morgan fingerprint density at radius 3 is 2.88 bits per heavy atom. The number of pyridine rings is 1. The Hall–Kier alpha value is -3.58. The van der Waals surface area contributed by atoms with E-state index in [0.717, 1.165) is 41.7 Å². The van der Waals surface area contributed by atoms with E-state index in [9.17, 15) is 4.79 Å². The quantitative estimate of drug-likeness (QED) is 0.450. The van der Waals surface area contributed by atoms with E-state index in [1.165, 1.54) is 12.8 Å². The van der Waals surface area contributed by atoms with Crippen molar-refractivity contribution in [2.45, 2.75) is 19.4 Å². The average Bonchev–Trinajstić information content (AvgIpc) is 3.58. The minimum Gasteiger partial charge on any atom is -0.467 e. The molecule has 1 aromatic carbocycles. The standard InChI is InChI=1S/C25H26N4O3/c30-25(32-24-5-1-2-9-27-24)29(14-13-28-11-3-4-12-28)17-22-16-21(18-31-22)19-6-7-23-20(15-19)8-10-26-23/h1-2,5-10,15-16,18,26H,3-4,11-14,17H2. The minimum atomic E-state index is -0.422. The number of ether oxygens (including phenoxy) is 1. The van der Waals surface area contributed by atoms with Crippen LogP contribution < -0.4 is 4.74 Å². The van der Waals surface area contributed by atoms with Crippen molar-refractivity contribution in [3.63, 3.8) is 0 Å². The number of furan rings is 1. The molecule has 7 heteroatoms. The van der Waals surface area contributed by atoms with Gasteiger partial charge in [0, 0.05) is 42.6 Å². The summed E-state index contributed by atoms with van der Waals surface area (Å²) in [6.45, 7) is 3.88.